The molecule has 0 unspecified atom stereocenters. The van der Waals surface area contributed by atoms with E-state index in [1.54, 1.807) is 18.4 Å². The molecule has 2 aromatic carbocycles. The molecule has 4 aromatic heterocycles. The van der Waals surface area contributed by atoms with Crippen LogP contribution in [-0.2, 0) is 19.3 Å². The van der Waals surface area contributed by atoms with Crippen molar-refractivity contribution in [1.82, 2.24) is 25.0 Å². The Morgan fingerprint density at radius 2 is 1.90 bits per heavy atom. The van der Waals surface area contributed by atoms with Crippen LogP contribution in [0.5, 0.6) is 5.75 Å². The third-order valence-corrected chi connectivity index (χ3v) is 12.3. The van der Waals surface area contributed by atoms with E-state index in [1.165, 1.54) is 35.1 Å². The zero-order valence-electron chi connectivity index (χ0n) is 28.2. The van der Waals surface area contributed by atoms with Gasteiger partial charge in [-0.15, -0.1) is 11.3 Å². The Balaban J connectivity index is 1.11. The van der Waals surface area contributed by atoms with Crippen LogP contribution in [0, 0.1) is 0 Å². The molecular formula is C40H36N6O4S. The van der Waals surface area contributed by atoms with Gasteiger partial charge in [-0.05, 0) is 103 Å². The Morgan fingerprint density at radius 3 is 2.71 bits per heavy atom. The fourth-order valence-electron chi connectivity index (χ4n) is 8.52. The number of nitrogens with one attached hydrogen (secondary N) is 2. The first kappa shape index (κ1) is 30.5. The minimum Gasteiger partial charge on any atom is -0.496 e. The summed E-state index contributed by atoms with van der Waals surface area (Å²) >= 11 is 1.60. The molecule has 6 aromatic rings. The van der Waals surface area contributed by atoms with Gasteiger partial charge in [-0.3, -0.25) is 19.3 Å². The number of benzene rings is 2. The normalized spacial score (nSPS) is 19.1. The van der Waals surface area contributed by atoms with Crippen molar-refractivity contribution in [3.63, 3.8) is 0 Å². The summed E-state index contributed by atoms with van der Waals surface area (Å²) in [5, 5.41) is 8.95. The lowest BCUT2D eigenvalue weighted by molar-refractivity contribution is 0.0776. The van der Waals surface area contributed by atoms with Crippen LogP contribution in [0.1, 0.15) is 94.1 Å². The summed E-state index contributed by atoms with van der Waals surface area (Å²) in [6, 6.07) is 19.3. The monoisotopic (exact) mass is 696 g/mol. The van der Waals surface area contributed by atoms with Gasteiger partial charge in [-0.1, -0.05) is 41.6 Å². The second-order valence-corrected chi connectivity index (χ2v) is 15.2. The SMILES string of the molecule is COc1cccc2c1CC[C@H]2Nc1nccc2cc(-c3c4c(nc(CCc5ccc(C6CC6)cc5)c3-c3noc(=O)[nH]3)[C@H]3CCCN3C4=O)sc12. The molecule has 0 radical (unpaired) electrons. The van der Waals surface area contributed by atoms with Crippen LogP contribution in [0.2, 0.25) is 0 Å². The zero-order valence-corrected chi connectivity index (χ0v) is 29.0. The molecule has 10 rings (SSSR count). The molecule has 10 nitrogen and oxygen atoms in total. The fourth-order valence-corrected chi connectivity index (χ4v) is 9.69. The minimum absolute atomic E-state index is 0.0188. The summed E-state index contributed by atoms with van der Waals surface area (Å²) in [4.78, 5) is 42.4. The smallest absolute Gasteiger partial charge is 0.439 e. The molecule has 6 heterocycles. The Bertz CT molecular complexity index is 2410. The maximum absolute atomic E-state index is 14.3. The van der Waals surface area contributed by atoms with Gasteiger partial charge >= 0.3 is 5.76 Å². The number of carbonyl (C=O) groups is 1. The zero-order chi connectivity index (χ0) is 34.2. The number of H-pyrrole nitrogens is 1. The molecule has 256 valence electrons. The molecule has 11 heteroatoms. The van der Waals surface area contributed by atoms with Crippen molar-refractivity contribution in [3.8, 4) is 27.6 Å². The number of methoxy groups -OCH3 is 1. The van der Waals surface area contributed by atoms with E-state index in [0.717, 1.165) is 75.6 Å². The lowest BCUT2D eigenvalue weighted by Crippen LogP contribution is -2.22. The highest BCUT2D eigenvalue weighted by molar-refractivity contribution is 7.23. The summed E-state index contributed by atoms with van der Waals surface area (Å²) in [6.07, 6.45) is 9.43. The molecule has 1 saturated carbocycles. The molecule has 0 bridgehead atoms. The van der Waals surface area contributed by atoms with Crippen LogP contribution in [-0.4, -0.2) is 44.6 Å². The molecule has 51 heavy (non-hydrogen) atoms. The van der Waals surface area contributed by atoms with E-state index in [-0.39, 0.29) is 23.8 Å². The predicted molar refractivity (Wildman–Crippen MR) is 195 cm³/mol. The summed E-state index contributed by atoms with van der Waals surface area (Å²) in [5.41, 5.74) is 8.71. The van der Waals surface area contributed by atoms with Gasteiger partial charge in [0.05, 0.1) is 46.4 Å². The predicted octanol–water partition coefficient (Wildman–Crippen LogP) is 7.76. The van der Waals surface area contributed by atoms with Crippen LogP contribution >= 0.6 is 11.3 Å². The summed E-state index contributed by atoms with van der Waals surface area (Å²) in [5.74, 6) is 2.04. The van der Waals surface area contributed by atoms with E-state index in [0.29, 0.717) is 30.0 Å². The number of pyridine rings is 2. The Hall–Kier alpha value is -5.29. The number of aryl methyl sites for hydroxylation is 2. The van der Waals surface area contributed by atoms with E-state index >= 15 is 0 Å². The van der Waals surface area contributed by atoms with E-state index in [2.05, 4.69) is 51.9 Å². The number of ether oxygens (including phenoxy) is 1. The molecular weight excluding hydrogens is 661 g/mol. The average molecular weight is 697 g/mol. The van der Waals surface area contributed by atoms with Crippen LogP contribution < -0.4 is 15.8 Å². The van der Waals surface area contributed by atoms with Gasteiger partial charge in [0.1, 0.15) is 11.6 Å². The third kappa shape index (κ3) is 5.08. The van der Waals surface area contributed by atoms with Crippen molar-refractivity contribution in [2.24, 2.45) is 0 Å². The Kier molecular flexibility index (Phi) is 7.13. The van der Waals surface area contributed by atoms with Crippen molar-refractivity contribution in [3.05, 3.63) is 111 Å². The van der Waals surface area contributed by atoms with Gasteiger partial charge in [-0.2, -0.15) is 0 Å². The molecule has 0 spiro atoms. The summed E-state index contributed by atoms with van der Waals surface area (Å²) in [6.45, 7) is 0.705. The first-order valence-electron chi connectivity index (χ1n) is 17.9. The number of hydrogen-bond donors (Lipinski definition) is 2. The molecule has 2 atom stereocenters. The van der Waals surface area contributed by atoms with Gasteiger partial charge in [0.15, 0.2) is 5.82 Å². The van der Waals surface area contributed by atoms with Crippen molar-refractivity contribution < 1.29 is 14.1 Å². The lowest BCUT2D eigenvalue weighted by Gasteiger charge is -2.17. The van der Waals surface area contributed by atoms with Gasteiger partial charge in [0.25, 0.3) is 5.91 Å². The Morgan fingerprint density at radius 1 is 1.02 bits per heavy atom. The van der Waals surface area contributed by atoms with Crippen LogP contribution in [0.25, 0.3) is 31.9 Å². The first-order chi connectivity index (χ1) is 25.0. The first-order valence-corrected chi connectivity index (χ1v) is 18.7. The maximum Gasteiger partial charge on any atom is 0.439 e. The number of fused-ring (bicyclic) bond motifs is 5. The molecule has 2 aliphatic carbocycles. The number of nitrogens with zero attached hydrogens (tertiary/aromatic N) is 4. The number of hydrogen-bond acceptors (Lipinski definition) is 9. The van der Waals surface area contributed by atoms with Crippen molar-refractivity contribution in [1.29, 1.82) is 0 Å². The van der Waals surface area contributed by atoms with E-state index in [1.807, 2.05) is 29.3 Å². The highest BCUT2D eigenvalue weighted by atomic mass is 32.1. The highest BCUT2D eigenvalue weighted by Gasteiger charge is 2.44. The lowest BCUT2D eigenvalue weighted by atomic mass is 9.92. The molecule has 2 fully saturated rings. The molecule has 1 saturated heterocycles. The maximum atomic E-state index is 14.3. The second kappa shape index (κ2) is 11.9. The van der Waals surface area contributed by atoms with E-state index < -0.39 is 5.76 Å². The van der Waals surface area contributed by atoms with E-state index in [9.17, 15) is 9.59 Å². The standard InChI is InChI=1S/C40H36N6O4S/c1-49-30-6-2-4-25-26(30)14-16-27(25)43-38-36-24(17-18-41-38)20-31(51-36)33-32(37-44-40(48)50-45-37)28(15-9-21-7-10-22(11-8-21)23-12-13-23)42-35-29-5-3-19-46(29)39(47)34(33)35/h2,4,6-8,10-11,17-18,20,23,27,29H,3,5,9,12-16,19H2,1H3,(H,41,43)(H,44,45,48)/t27-,29-/m1/s1. The number of aromatic nitrogens is 4. The quantitative estimate of drug-likeness (QED) is 0.157. The fraction of sp³-hybridized carbons (Fsp3) is 0.325. The number of thiophene rings is 1. The van der Waals surface area contributed by atoms with Crippen LogP contribution in [0.4, 0.5) is 5.82 Å². The van der Waals surface area contributed by atoms with Gasteiger partial charge in [0.2, 0.25) is 0 Å². The molecule has 2 aliphatic heterocycles. The highest BCUT2D eigenvalue weighted by Crippen LogP contribution is 2.50. The van der Waals surface area contributed by atoms with Gasteiger partial charge in [0, 0.05) is 23.2 Å². The van der Waals surface area contributed by atoms with Crippen molar-refractivity contribution in [2.75, 3.05) is 19.0 Å². The van der Waals surface area contributed by atoms with Gasteiger partial charge < -0.3 is 15.0 Å². The number of amides is 1. The Labute approximate surface area is 297 Å². The van der Waals surface area contributed by atoms with Crippen molar-refractivity contribution >= 4 is 33.1 Å². The number of anilines is 1. The molecule has 2 N–H and O–H groups in total. The summed E-state index contributed by atoms with van der Waals surface area (Å²) in [7, 11) is 1.72. The van der Waals surface area contributed by atoms with Crippen molar-refractivity contribution in [2.45, 2.75) is 69.4 Å². The number of aromatic amines is 1. The van der Waals surface area contributed by atoms with Crippen LogP contribution in [0.15, 0.2) is 70.1 Å². The summed E-state index contributed by atoms with van der Waals surface area (Å²) < 4.78 is 11.7. The van der Waals surface area contributed by atoms with Crippen LogP contribution in [0.3, 0.4) is 0 Å². The number of carbonyl (C=O) groups excluding carboxylic acids is 1. The largest absolute Gasteiger partial charge is 0.496 e. The van der Waals surface area contributed by atoms with E-state index in [4.69, 9.17) is 19.2 Å². The van der Waals surface area contributed by atoms with Gasteiger partial charge in [-0.25, -0.2) is 9.78 Å². The second-order valence-electron chi connectivity index (χ2n) is 14.1. The molecule has 4 aliphatic rings. The minimum atomic E-state index is -0.648. The third-order valence-electron chi connectivity index (χ3n) is 11.1. The average Bonchev–Trinajstić information content (AvgIpc) is 3.55. The topological polar surface area (TPSA) is 126 Å². The number of rotatable bonds is 9. The molecule has 1 amide bonds.